The number of nitriles is 1. The molecule has 1 unspecified atom stereocenters. The van der Waals surface area contributed by atoms with Gasteiger partial charge in [0.1, 0.15) is 5.75 Å². The molecule has 1 aromatic carbocycles. The van der Waals surface area contributed by atoms with Crippen molar-refractivity contribution >= 4 is 0 Å². The third-order valence-corrected chi connectivity index (χ3v) is 2.24. The summed E-state index contributed by atoms with van der Waals surface area (Å²) in [6.45, 7) is 0.757. The smallest absolute Gasteiger partial charge is 0.391 e. The first-order chi connectivity index (χ1) is 7.84. The number of fused-ring (bicyclic) bond motifs is 1. The van der Waals surface area contributed by atoms with E-state index in [1.807, 2.05) is 6.07 Å². The third kappa shape index (κ3) is 2.19. The zero-order valence-electron chi connectivity index (χ0n) is 8.84. The zero-order valence-corrected chi connectivity index (χ0v) is 8.84. The first-order valence-corrected chi connectivity index (χ1v) is 4.80. The monoisotopic (exact) mass is 243 g/mol. The van der Waals surface area contributed by atoms with E-state index in [4.69, 9.17) is 5.26 Å². The molecule has 1 aliphatic rings. The van der Waals surface area contributed by atoms with E-state index in [9.17, 15) is 13.2 Å². The molecule has 0 aromatic heterocycles. The quantitative estimate of drug-likeness (QED) is 0.761. The van der Waals surface area contributed by atoms with Crippen LogP contribution in [0.25, 0.3) is 0 Å². The minimum Gasteiger partial charge on any atom is -0.435 e. The second kappa shape index (κ2) is 3.64. The van der Waals surface area contributed by atoms with E-state index < -0.39 is 17.7 Å². The van der Waals surface area contributed by atoms with Gasteiger partial charge in [-0.15, -0.1) is 0 Å². The third-order valence-electron chi connectivity index (χ3n) is 2.24. The van der Waals surface area contributed by atoms with Gasteiger partial charge in [0.25, 0.3) is 0 Å². The van der Waals surface area contributed by atoms with Gasteiger partial charge in [-0.05, 0) is 17.7 Å². The van der Waals surface area contributed by atoms with Crippen LogP contribution < -0.4 is 4.74 Å². The summed E-state index contributed by atoms with van der Waals surface area (Å²) in [5, 5.41) is 8.48. The van der Waals surface area contributed by atoms with Crippen molar-refractivity contribution < 1.29 is 22.6 Å². The number of halogens is 3. The summed E-state index contributed by atoms with van der Waals surface area (Å²) in [4.78, 5) is 0. The number of alkyl halides is 3. The van der Waals surface area contributed by atoms with Crippen LogP contribution in [-0.4, -0.2) is 6.04 Å². The highest BCUT2D eigenvalue weighted by atomic mass is 19.3. The molecule has 0 aliphatic carbocycles. The number of ether oxygens (including phenoxy) is 2. The molecule has 2 rings (SSSR count). The summed E-state index contributed by atoms with van der Waals surface area (Å²) < 4.78 is 48.8. The van der Waals surface area contributed by atoms with E-state index in [1.165, 1.54) is 12.1 Å². The minimum absolute atomic E-state index is 0.0176. The fourth-order valence-electron chi connectivity index (χ4n) is 1.60. The first kappa shape index (κ1) is 11.7. The Morgan fingerprint density at radius 2 is 2.06 bits per heavy atom. The molecule has 0 bridgehead atoms. The van der Waals surface area contributed by atoms with Gasteiger partial charge in [-0.3, -0.25) is 0 Å². The standard InChI is InChI=1S/C11H8F3NO2/c1-10(12)16-9-3-2-7(4-5-15)6-8(9)11(13,14)17-10/h2-3,6H,4H2,1H3. The maximum Gasteiger partial charge on any atom is 0.391 e. The van der Waals surface area contributed by atoms with Gasteiger partial charge in [0, 0.05) is 6.92 Å². The molecule has 3 nitrogen and oxygen atoms in total. The lowest BCUT2D eigenvalue weighted by Gasteiger charge is -2.33. The predicted molar refractivity (Wildman–Crippen MR) is 50.9 cm³/mol. The van der Waals surface area contributed by atoms with Crippen LogP contribution in [0.5, 0.6) is 5.75 Å². The lowest BCUT2D eigenvalue weighted by atomic mass is 10.1. The lowest BCUT2D eigenvalue weighted by Crippen LogP contribution is -2.42. The summed E-state index contributed by atoms with van der Waals surface area (Å²) in [5.41, 5.74) is -0.180. The van der Waals surface area contributed by atoms with Crippen molar-refractivity contribution in [3.63, 3.8) is 0 Å². The first-order valence-electron chi connectivity index (χ1n) is 4.80. The van der Waals surface area contributed by atoms with Gasteiger partial charge in [0.05, 0.1) is 18.1 Å². The fourth-order valence-corrected chi connectivity index (χ4v) is 1.60. The Morgan fingerprint density at radius 1 is 1.35 bits per heavy atom. The highest BCUT2D eigenvalue weighted by molar-refractivity contribution is 5.41. The van der Waals surface area contributed by atoms with E-state index >= 15 is 0 Å². The Kier molecular flexibility index (Phi) is 2.51. The van der Waals surface area contributed by atoms with Crippen LogP contribution >= 0.6 is 0 Å². The molecule has 0 N–H and O–H groups in total. The average Bonchev–Trinajstić information content (AvgIpc) is 2.17. The minimum atomic E-state index is -3.78. The SMILES string of the molecule is CC1(F)Oc2ccc(CC#N)cc2C(F)(F)O1. The average molecular weight is 243 g/mol. The highest BCUT2D eigenvalue weighted by Gasteiger charge is 2.50. The maximum absolute atomic E-state index is 13.5. The molecule has 0 amide bonds. The van der Waals surface area contributed by atoms with Crippen LogP contribution in [-0.2, 0) is 17.3 Å². The molecule has 0 radical (unpaired) electrons. The molecule has 6 heteroatoms. The molecular formula is C11H8F3NO2. The second-order valence-corrected chi connectivity index (χ2v) is 3.72. The Bertz CT molecular complexity index is 494. The number of rotatable bonds is 1. The van der Waals surface area contributed by atoms with Gasteiger partial charge in [-0.2, -0.15) is 18.4 Å². The molecule has 0 saturated heterocycles. The van der Waals surface area contributed by atoms with E-state index in [0.29, 0.717) is 5.56 Å². The molecule has 0 spiro atoms. The largest absolute Gasteiger partial charge is 0.435 e. The van der Waals surface area contributed by atoms with Crippen LogP contribution in [0.15, 0.2) is 18.2 Å². The van der Waals surface area contributed by atoms with E-state index in [2.05, 4.69) is 9.47 Å². The maximum atomic E-state index is 13.5. The van der Waals surface area contributed by atoms with Crippen molar-refractivity contribution in [1.82, 2.24) is 0 Å². The molecule has 1 aliphatic heterocycles. The van der Waals surface area contributed by atoms with Crippen molar-refractivity contribution in [1.29, 1.82) is 5.26 Å². The molecule has 0 fully saturated rings. The summed E-state index contributed by atoms with van der Waals surface area (Å²) in [5.74, 6) is -0.284. The number of hydrogen-bond donors (Lipinski definition) is 0. The van der Waals surface area contributed by atoms with Crippen LogP contribution in [0.4, 0.5) is 13.2 Å². The number of hydrogen-bond acceptors (Lipinski definition) is 3. The van der Waals surface area contributed by atoms with Gasteiger partial charge in [-0.1, -0.05) is 6.07 Å². The lowest BCUT2D eigenvalue weighted by molar-refractivity contribution is -0.405. The molecule has 1 aromatic rings. The van der Waals surface area contributed by atoms with E-state index in [1.54, 1.807) is 0 Å². The van der Waals surface area contributed by atoms with E-state index in [-0.39, 0.29) is 12.2 Å². The number of benzene rings is 1. The normalized spacial score (nSPS) is 25.6. The summed E-state index contributed by atoms with van der Waals surface area (Å²) in [6, 6.07) is 2.68. The van der Waals surface area contributed by atoms with E-state index in [0.717, 1.165) is 13.0 Å². The van der Waals surface area contributed by atoms with Crippen LogP contribution in [0.3, 0.4) is 0 Å². The molecule has 17 heavy (non-hydrogen) atoms. The Labute approximate surface area is 95.4 Å². The molecule has 90 valence electrons. The fraction of sp³-hybridized carbons (Fsp3) is 0.364. The van der Waals surface area contributed by atoms with Gasteiger partial charge in [0.2, 0.25) is 0 Å². The van der Waals surface area contributed by atoms with Crippen molar-refractivity contribution in [2.75, 3.05) is 0 Å². The number of nitrogens with zero attached hydrogens (tertiary/aromatic N) is 1. The highest BCUT2D eigenvalue weighted by Crippen LogP contribution is 2.45. The molecule has 0 saturated carbocycles. The van der Waals surface area contributed by atoms with Crippen molar-refractivity contribution in [3.8, 4) is 11.8 Å². The van der Waals surface area contributed by atoms with Crippen molar-refractivity contribution in [2.24, 2.45) is 0 Å². The van der Waals surface area contributed by atoms with Crippen molar-refractivity contribution in [2.45, 2.75) is 25.5 Å². The molecular weight excluding hydrogens is 235 g/mol. The topological polar surface area (TPSA) is 42.2 Å². The van der Waals surface area contributed by atoms with Gasteiger partial charge in [-0.25, -0.2) is 4.74 Å². The van der Waals surface area contributed by atoms with Gasteiger partial charge >= 0.3 is 12.1 Å². The van der Waals surface area contributed by atoms with Crippen LogP contribution in [0.2, 0.25) is 0 Å². The van der Waals surface area contributed by atoms with Gasteiger partial charge in [0.15, 0.2) is 0 Å². The Hall–Kier alpha value is -1.74. The van der Waals surface area contributed by atoms with Crippen LogP contribution in [0.1, 0.15) is 18.1 Å². The molecule has 1 heterocycles. The zero-order chi connectivity index (χ0) is 12.7. The molecule has 1 atom stereocenters. The van der Waals surface area contributed by atoms with Gasteiger partial charge < -0.3 is 4.74 Å². The van der Waals surface area contributed by atoms with Crippen molar-refractivity contribution in [3.05, 3.63) is 29.3 Å². The second-order valence-electron chi connectivity index (χ2n) is 3.72. The summed E-state index contributed by atoms with van der Waals surface area (Å²) in [7, 11) is 0. The Balaban J connectivity index is 2.48. The van der Waals surface area contributed by atoms with Crippen LogP contribution in [0, 0.1) is 11.3 Å². The summed E-state index contributed by atoms with van der Waals surface area (Å²) in [6.07, 6.45) is -3.79. The Morgan fingerprint density at radius 3 is 2.71 bits per heavy atom. The predicted octanol–water partition coefficient (Wildman–Crippen LogP) is 2.85. The summed E-state index contributed by atoms with van der Waals surface area (Å²) >= 11 is 0.